The highest BCUT2D eigenvalue weighted by molar-refractivity contribution is 7.91. The highest BCUT2D eigenvalue weighted by Gasteiger charge is 2.22. The van der Waals surface area contributed by atoms with Crippen LogP contribution in [-0.4, -0.2) is 39.7 Å². The van der Waals surface area contributed by atoms with Crippen LogP contribution < -0.4 is 10.6 Å². The molecule has 0 bridgehead atoms. The molecule has 110 valence electrons. The van der Waals surface area contributed by atoms with Crippen LogP contribution in [0.1, 0.15) is 12.8 Å². The quantitative estimate of drug-likeness (QED) is 0.753. The molecular formula is C14H20N2O3S. The Balaban J connectivity index is 1.74. The van der Waals surface area contributed by atoms with Crippen molar-refractivity contribution in [1.29, 1.82) is 0 Å². The van der Waals surface area contributed by atoms with Crippen LogP contribution in [0.25, 0.3) is 0 Å². The van der Waals surface area contributed by atoms with Gasteiger partial charge in [-0.2, -0.15) is 0 Å². The zero-order valence-electron chi connectivity index (χ0n) is 11.3. The van der Waals surface area contributed by atoms with E-state index < -0.39 is 9.84 Å². The van der Waals surface area contributed by atoms with Gasteiger partial charge in [-0.05, 0) is 31.5 Å². The minimum Gasteiger partial charge on any atom is -0.356 e. The lowest BCUT2D eigenvalue weighted by Crippen LogP contribution is -2.33. The summed E-state index contributed by atoms with van der Waals surface area (Å²) in [6.07, 6.45) is 1.29. The smallest absolute Gasteiger partial charge is 0.224 e. The molecule has 1 atom stereocenters. The van der Waals surface area contributed by atoms with E-state index in [1.165, 1.54) is 0 Å². The molecule has 1 aliphatic rings. The number of hydrogen-bond donors (Lipinski definition) is 2. The second kappa shape index (κ2) is 6.85. The van der Waals surface area contributed by atoms with Crippen LogP contribution in [0.15, 0.2) is 35.2 Å². The average molecular weight is 296 g/mol. The Morgan fingerprint density at radius 2 is 2.05 bits per heavy atom. The molecule has 2 rings (SSSR count). The maximum Gasteiger partial charge on any atom is 0.224 e. The summed E-state index contributed by atoms with van der Waals surface area (Å²) in [7, 11) is -3.24. The maximum absolute atomic E-state index is 12.0. The van der Waals surface area contributed by atoms with E-state index in [9.17, 15) is 13.2 Å². The number of amides is 1. The van der Waals surface area contributed by atoms with Crippen molar-refractivity contribution < 1.29 is 13.2 Å². The van der Waals surface area contributed by atoms with Gasteiger partial charge in [0.25, 0.3) is 0 Å². The van der Waals surface area contributed by atoms with E-state index in [1.807, 2.05) is 0 Å². The molecule has 1 amide bonds. The van der Waals surface area contributed by atoms with E-state index in [1.54, 1.807) is 30.3 Å². The van der Waals surface area contributed by atoms with Crippen molar-refractivity contribution in [2.75, 3.05) is 25.4 Å². The predicted octanol–water partition coefficient (Wildman–Crippen LogP) is 0.576. The fraction of sp³-hybridized carbons (Fsp3) is 0.500. The first kappa shape index (κ1) is 15.0. The number of nitrogens with one attached hydrogen (secondary N) is 2. The maximum atomic E-state index is 12.0. The fourth-order valence-corrected chi connectivity index (χ4v) is 3.57. The van der Waals surface area contributed by atoms with E-state index >= 15 is 0 Å². The Kier molecular flexibility index (Phi) is 5.14. The fourth-order valence-electron chi connectivity index (χ4n) is 2.24. The van der Waals surface area contributed by atoms with Gasteiger partial charge in [0.2, 0.25) is 5.91 Å². The van der Waals surface area contributed by atoms with Crippen molar-refractivity contribution in [1.82, 2.24) is 10.6 Å². The molecule has 1 heterocycles. The molecule has 0 aliphatic carbocycles. The first-order valence-electron chi connectivity index (χ1n) is 6.86. The summed E-state index contributed by atoms with van der Waals surface area (Å²) in [5.41, 5.74) is 0. The monoisotopic (exact) mass is 296 g/mol. The molecule has 20 heavy (non-hydrogen) atoms. The molecule has 6 heteroatoms. The molecule has 0 aromatic heterocycles. The van der Waals surface area contributed by atoms with Crippen LogP contribution in [0.5, 0.6) is 0 Å². The van der Waals surface area contributed by atoms with Crippen LogP contribution in [0.2, 0.25) is 0 Å². The van der Waals surface area contributed by atoms with Crippen molar-refractivity contribution in [3.8, 4) is 0 Å². The van der Waals surface area contributed by atoms with E-state index in [4.69, 9.17) is 0 Å². The Morgan fingerprint density at radius 1 is 1.30 bits per heavy atom. The molecule has 1 aromatic rings. The average Bonchev–Trinajstić information content (AvgIpc) is 2.98. The van der Waals surface area contributed by atoms with Crippen molar-refractivity contribution in [3.05, 3.63) is 30.3 Å². The highest BCUT2D eigenvalue weighted by atomic mass is 32.2. The summed E-state index contributed by atoms with van der Waals surface area (Å²) in [4.78, 5) is 12.1. The zero-order valence-corrected chi connectivity index (χ0v) is 12.2. The van der Waals surface area contributed by atoms with Crippen molar-refractivity contribution >= 4 is 15.7 Å². The second-order valence-corrected chi connectivity index (χ2v) is 7.08. The van der Waals surface area contributed by atoms with Crippen molar-refractivity contribution in [3.63, 3.8) is 0 Å². The van der Waals surface area contributed by atoms with Crippen LogP contribution in [0, 0.1) is 5.92 Å². The first-order valence-corrected chi connectivity index (χ1v) is 8.51. The standard InChI is InChI=1S/C14H20N2O3S/c17-14(12-7-9-15-11-12)16-8-4-10-20(18,19)13-5-2-1-3-6-13/h1-3,5-6,12,15H,4,7-11H2,(H,16,17). The summed E-state index contributed by atoms with van der Waals surface area (Å²) in [6.45, 7) is 2.00. The van der Waals surface area contributed by atoms with Crippen LogP contribution in [0.3, 0.4) is 0 Å². The number of sulfone groups is 1. The molecule has 0 saturated carbocycles. The number of carbonyl (C=O) groups is 1. The summed E-state index contributed by atoms with van der Waals surface area (Å²) in [5, 5.41) is 5.94. The minimum absolute atomic E-state index is 0.0205. The van der Waals surface area contributed by atoms with Gasteiger partial charge in [0.05, 0.1) is 16.6 Å². The molecule has 5 nitrogen and oxygen atoms in total. The summed E-state index contributed by atoms with van der Waals surface area (Å²) in [5.74, 6) is 0.105. The van der Waals surface area contributed by atoms with Gasteiger partial charge in [-0.1, -0.05) is 18.2 Å². The molecule has 0 spiro atoms. The first-order chi connectivity index (χ1) is 9.59. The van der Waals surface area contributed by atoms with Gasteiger partial charge in [-0.15, -0.1) is 0 Å². The molecule has 0 radical (unpaired) electrons. The second-order valence-electron chi connectivity index (χ2n) is 4.97. The van der Waals surface area contributed by atoms with Crippen LogP contribution in [-0.2, 0) is 14.6 Å². The third-order valence-corrected chi connectivity index (χ3v) is 5.24. The lowest BCUT2D eigenvalue weighted by atomic mass is 10.1. The van der Waals surface area contributed by atoms with Gasteiger partial charge in [-0.3, -0.25) is 4.79 Å². The molecular weight excluding hydrogens is 276 g/mol. The molecule has 1 saturated heterocycles. The van der Waals surface area contributed by atoms with E-state index in [-0.39, 0.29) is 17.6 Å². The third kappa shape index (κ3) is 4.05. The van der Waals surface area contributed by atoms with Crippen LogP contribution >= 0.6 is 0 Å². The SMILES string of the molecule is O=C(NCCCS(=O)(=O)c1ccccc1)C1CCNC1. The van der Waals surface area contributed by atoms with Gasteiger partial charge in [0.15, 0.2) is 9.84 Å². The normalized spacial score (nSPS) is 18.9. The lowest BCUT2D eigenvalue weighted by molar-refractivity contribution is -0.124. The Bertz CT molecular complexity index is 537. The third-order valence-electron chi connectivity index (χ3n) is 3.42. The minimum atomic E-state index is -3.24. The number of benzene rings is 1. The number of rotatable bonds is 6. The van der Waals surface area contributed by atoms with E-state index in [0.717, 1.165) is 13.0 Å². The Hall–Kier alpha value is -1.40. The molecule has 1 unspecified atom stereocenters. The summed E-state index contributed by atoms with van der Waals surface area (Å²) < 4.78 is 24.0. The highest BCUT2D eigenvalue weighted by Crippen LogP contribution is 2.11. The van der Waals surface area contributed by atoms with Gasteiger partial charge in [-0.25, -0.2) is 8.42 Å². The lowest BCUT2D eigenvalue weighted by Gasteiger charge is -2.10. The molecule has 1 fully saturated rings. The van der Waals surface area contributed by atoms with Gasteiger partial charge in [0, 0.05) is 13.1 Å². The van der Waals surface area contributed by atoms with Gasteiger partial charge < -0.3 is 10.6 Å². The zero-order chi connectivity index (χ0) is 14.4. The van der Waals surface area contributed by atoms with E-state index in [0.29, 0.717) is 24.4 Å². The number of hydrogen-bond acceptors (Lipinski definition) is 4. The molecule has 2 N–H and O–H groups in total. The van der Waals surface area contributed by atoms with Crippen molar-refractivity contribution in [2.45, 2.75) is 17.7 Å². The van der Waals surface area contributed by atoms with Gasteiger partial charge in [0.1, 0.15) is 0 Å². The summed E-state index contributed by atoms with van der Waals surface area (Å²) >= 11 is 0. The van der Waals surface area contributed by atoms with Gasteiger partial charge >= 0.3 is 0 Å². The topological polar surface area (TPSA) is 75.3 Å². The predicted molar refractivity (Wildman–Crippen MR) is 77.1 cm³/mol. The molecule has 1 aromatic carbocycles. The largest absolute Gasteiger partial charge is 0.356 e. The van der Waals surface area contributed by atoms with Crippen LogP contribution in [0.4, 0.5) is 0 Å². The van der Waals surface area contributed by atoms with E-state index in [2.05, 4.69) is 10.6 Å². The Labute approximate surface area is 119 Å². The Morgan fingerprint density at radius 3 is 2.70 bits per heavy atom. The number of carbonyl (C=O) groups excluding carboxylic acids is 1. The summed E-state index contributed by atoms with van der Waals surface area (Å²) in [6, 6.07) is 8.40. The molecule has 1 aliphatic heterocycles. The van der Waals surface area contributed by atoms with Crippen molar-refractivity contribution in [2.24, 2.45) is 5.92 Å².